The smallest absolute Gasteiger partial charge is 0.243 e. The first-order chi connectivity index (χ1) is 21.1. The van der Waals surface area contributed by atoms with Crippen molar-refractivity contribution in [2.24, 2.45) is 10.7 Å². The van der Waals surface area contributed by atoms with Gasteiger partial charge in [0.1, 0.15) is 18.8 Å². The van der Waals surface area contributed by atoms with E-state index in [9.17, 15) is 18.8 Å². The number of aliphatic imine (C=N–C) groups is 1. The highest BCUT2D eigenvalue weighted by Gasteiger charge is 2.41. The number of ether oxygens (including phenoxy) is 2. The first-order valence-corrected chi connectivity index (χ1v) is 14.4. The Labute approximate surface area is 255 Å². The van der Waals surface area contributed by atoms with Gasteiger partial charge in [-0.15, -0.1) is 0 Å². The molecule has 44 heavy (non-hydrogen) atoms. The van der Waals surface area contributed by atoms with Gasteiger partial charge in [-0.1, -0.05) is 12.1 Å². The number of likely N-dealkylation sites (tertiary alicyclic amines) is 1. The number of benzene rings is 2. The molecule has 0 saturated carbocycles. The molecule has 230 valence electrons. The van der Waals surface area contributed by atoms with E-state index in [-0.39, 0.29) is 31.3 Å². The van der Waals surface area contributed by atoms with E-state index in [2.05, 4.69) is 17.0 Å². The molecule has 1 saturated heterocycles. The Balaban J connectivity index is 1.39. The summed E-state index contributed by atoms with van der Waals surface area (Å²) in [5.41, 5.74) is 9.86. The van der Waals surface area contributed by atoms with Crippen molar-refractivity contribution in [2.75, 3.05) is 20.3 Å². The van der Waals surface area contributed by atoms with E-state index < -0.39 is 24.0 Å². The fraction of sp³-hybridized carbons (Fsp3) is 0.333. The molecule has 5 rings (SSSR count). The van der Waals surface area contributed by atoms with Crippen molar-refractivity contribution in [1.29, 1.82) is 0 Å². The van der Waals surface area contributed by atoms with Gasteiger partial charge in [0.05, 0.1) is 26.3 Å². The van der Waals surface area contributed by atoms with Gasteiger partial charge in [-0.2, -0.15) is 0 Å². The van der Waals surface area contributed by atoms with Crippen LogP contribution in [0.4, 0.5) is 4.39 Å². The summed E-state index contributed by atoms with van der Waals surface area (Å²) in [6.45, 7) is 6.90. The van der Waals surface area contributed by atoms with E-state index in [4.69, 9.17) is 15.2 Å². The fourth-order valence-corrected chi connectivity index (χ4v) is 6.03. The molecule has 0 bridgehead atoms. The average Bonchev–Trinajstić information content (AvgIpc) is 3.57. The van der Waals surface area contributed by atoms with Gasteiger partial charge in [0, 0.05) is 52.8 Å². The molecule has 1 aromatic heterocycles. The van der Waals surface area contributed by atoms with Crippen molar-refractivity contribution < 1.29 is 28.2 Å². The number of carbonyl (C=O) groups is 3. The van der Waals surface area contributed by atoms with Gasteiger partial charge < -0.3 is 30.0 Å². The first kappa shape index (κ1) is 30.5. The zero-order valence-electron chi connectivity index (χ0n) is 25.0. The number of nitrogens with one attached hydrogen (secondary N) is 1. The van der Waals surface area contributed by atoms with Crippen molar-refractivity contribution in [3.05, 3.63) is 77.3 Å². The number of aromatic nitrogens is 1. The lowest BCUT2D eigenvalue weighted by Gasteiger charge is -2.31. The van der Waals surface area contributed by atoms with Crippen LogP contribution in [0.25, 0.3) is 16.5 Å². The third-order valence-corrected chi connectivity index (χ3v) is 8.07. The quantitative estimate of drug-likeness (QED) is 0.214. The van der Waals surface area contributed by atoms with Crippen molar-refractivity contribution in [1.82, 2.24) is 14.8 Å². The summed E-state index contributed by atoms with van der Waals surface area (Å²) in [6, 6.07) is 7.91. The Morgan fingerprint density at radius 1 is 1.27 bits per heavy atom. The number of halogens is 1. The molecule has 10 nitrogen and oxygen atoms in total. The summed E-state index contributed by atoms with van der Waals surface area (Å²) in [5, 5.41) is 3.68. The molecule has 0 aliphatic carbocycles. The summed E-state index contributed by atoms with van der Waals surface area (Å²) in [5.74, 6) is 0.131. The third kappa shape index (κ3) is 5.95. The van der Waals surface area contributed by atoms with Crippen LogP contribution >= 0.6 is 0 Å². The standard InChI is InChI=1S/C33H36FN5O5/c1-19-11-25-27(8-10-44-32(25)30(12-19)43-4)37-33(42)29-14-23(34)16-39(29)31(41)18-38-17-26(20(2)40)24-13-21(5-6-28(24)38)22(7-9-35)15-36-3/h5-7,9,11-13,15,17,23,27,29H,3,8,10,14,16,18,35H2,1-2,4H3,(H,37,42)/b9-7-,22-15+/t23-,27?,29+/m1/s1. The number of alkyl halides is 1. The summed E-state index contributed by atoms with van der Waals surface area (Å²) in [4.78, 5) is 44.9. The van der Waals surface area contributed by atoms with E-state index in [1.165, 1.54) is 18.0 Å². The number of hydrogen-bond donors (Lipinski definition) is 2. The summed E-state index contributed by atoms with van der Waals surface area (Å²) >= 11 is 0. The zero-order valence-corrected chi connectivity index (χ0v) is 25.0. The van der Waals surface area contributed by atoms with Gasteiger partial charge >= 0.3 is 0 Å². The number of nitrogens with two attached hydrogens (primary N) is 1. The van der Waals surface area contributed by atoms with Crippen LogP contribution in [0.5, 0.6) is 11.5 Å². The first-order valence-electron chi connectivity index (χ1n) is 14.4. The number of nitrogens with zero attached hydrogens (tertiary/aromatic N) is 3. The molecule has 3 aromatic rings. The Morgan fingerprint density at radius 3 is 2.77 bits per heavy atom. The summed E-state index contributed by atoms with van der Waals surface area (Å²) in [6.07, 6.45) is 5.33. The second-order valence-electron chi connectivity index (χ2n) is 11.1. The number of Topliss-reactive ketones (excluding diaryl/α,β-unsaturated/α-hetero) is 1. The molecule has 11 heteroatoms. The minimum absolute atomic E-state index is 0.0968. The second kappa shape index (κ2) is 12.7. The molecular formula is C33H36FN5O5. The average molecular weight is 602 g/mol. The zero-order chi connectivity index (χ0) is 31.5. The van der Waals surface area contributed by atoms with Crippen LogP contribution in [0.1, 0.15) is 52.9 Å². The van der Waals surface area contributed by atoms with Gasteiger partial charge in [-0.05, 0) is 62.2 Å². The molecule has 3 atom stereocenters. The molecule has 2 aliphatic rings. The number of aryl methyl sites for hydroxylation is 1. The summed E-state index contributed by atoms with van der Waals surface area (Å²) in [7, 11) is 1.56. The minimum atomic E-state index is -1.34. The number of allylic oxidation sites excluding steroid dienone is 2. The lowest BCUT2D eigenvalue weighted by Crippen LogP contribution is -2.48. The molecule has 2 aromatic carbocycles. The monoisotopic (exact) mass is 601 g/mol. The number of fused-ring (bicyclic) bond motifs is 2. The van der Waals surface area contributed by atoms with Crippen LogP contribution in [-0.2, 0) is 16.1 Å². The minimum Gasteiger partial charge on any atom is -0.493 e. The van der Waals surface area contributed by atoms with Gasteiger partial charge in [0.25, 0.3) is 0 Å². The van der Waals surface area contributed by atoms with Crippen LogP contribution in [0.2, 0.25) is 0 Å². The van der Waals surface area contributed by atoms with Crippen molar-refractivity contribution in [2.45, 2.75) is 51.5 Å². The van der Waals surface area contributed by atoms with Gasteiger partial charge in [0.2, 0.25) is 11.8 Å². The highest BCUT2D eigenvalue weighted by Crippen LogP contribution is 2.40. The van der Waals surface area contributed by atoms with Crippen molar-refractivity contribution >= 4 is 40.8 Å². The number of ketones is 1. The van der Waals surface area contributed by atoms with Gasteiger partial charge in [-0.25, -0.2) is 4.39 Å². The number of methoxy groups -OCH3 is 1. The number of carbonyl (C=O) groups excluding carboxylic acids is 3. The van der Waals surface area contributed by atoms with Gasteiger partial charge in [-0.3, -0.25) is 19.4 Å². The fourth-order valence-electron chi connectivity index (χ4n) is 6.03. The lowest BCUT2D eigenvalue weighted by atomic mass is 9.97. The third-order valence-electron chi connectivity index (χ3n) is 8.07. The van der Waals surface area contributed by atoms with Crippen LogP contribution < -0.4 is 20.5 Å². The van der Waals surface area contributed by atoms with Crippen LogP contribution in [0, 0.1) is 6.92 Å². The normalized spacial score (nSPS) is 20.0. The highest BCUT2D eigenvalue weighted by atomic mass is 19.1. The molecule has 0 spiro atoms. The van der Waals surface area contributed by atoms with Crippen LogP contribution in [-0.4, -0.2) is 66.3 Å². The lowest BCUT2D eigenvalue weighted by molar-refractivity contribution is -0.139. The number of hydrogen-bond acceptors (Lipinski definition) is 7. The maximum absolute atomic E-state index is 14.8. The Morgan fingerprint density at radius 2 is 2.07 bits per heavy atom. The maximum atomic E-state index is 14.8. The maximum Gasteiger partial charge on any atom is 0.243 e. The second-order valence-corrected chi connectivity index (χ2v) is 11.1. The van der Waals surface area contributed by atoms with Crippen molar-refractivity contribution in [3.8, 4) is 11.5 Å². The Hall–Kier alpha value is -4.93. The molecular weight excluding hydrogens is 565 g/mol. The number of amides is 2. The molecule has 0 radical (unpaired) electrons. The van der Waals surface area contributed by atoms with Gasteiger partial charge in [0.15, 0.2) is 17.3 Å². The molecule has 2 amide bonds. The van der Waals surface area contributed by atoms with E-state index in [1.54, 1.807) is 36.2 Å². The Kier molecular flexibility index (Phi) is 8.84. The molecule has 3 heterocycles. The number of rotatable bonds is 9. The van der Waals surface area contributed by atoms with Crippen LogP contribution in [0.3, 0.4) is 0 Å². The van der Waals surface area contributed by atoms with Crippen LogP contribution in [0.15, 0.2) is 60.0 Å². The molecule has 2 aliphatic heterocycles. The van der Waals surface area contributed by atoms with E-state index in [0.29, 0.717) is 46.6 Å². The molecule has 1 fully saturated rings. The predicted octanol–water partition coefficient (Wildman–Crippen LogP) is 4.25. The largest absolute Gasteiger partial charge is 0.493 e. The van der Waals surface area contributed by atoms with E-state index in [1.807, 2.05) is 31.2 Å². The molecule has 3 N–H and O–H groups in total. The summed E-state index contributed by atoms with van der Waals surface area (Å²) < 4.78 is 27.7. The topological polar surface area (TPSA) is 128 Å². The van der Waals surface area contributed by atoms with Crippen molar-refractivity contribution in [3.63, 3.8) is 0 Å². The van der Waals surface area contributed by atoms with E-state index in [0.717, 1.165) is 16.7 Å². The van der Waals surface area contributed by atoms with E-state index >= 15 is 0 Å². The Bertz CT molecular complexity index is 1690. The SMILES string of the molecule is C=N/C=C(\C=C/N)c1ccc2c(c1)c(C(C)=O)cn2CC(=O)N1C[C@H](F)C[C@H]1C(=O)NC1CCOc2c(OC)cc(C)cc21. The predicted molar refractivity (Wildman–Crippen MR) is 167 cm³/mol. The molecule has 1 unspecified atom stereocenters. The highest BCUT2D eigenvalue weighted by molar-refractivity contribution is 6.08.